The Labute approximate surface area is 146 Å². The Morgan fingerprint density at radius 3 is 2.48 bits per heavy atom. The number of hydrogen-bond donors (Lipinski definition) is 2. The predicted molar refractivity (Wildman–Crippen MR) is 89.9 cm³/mol. The molecule has 2 aromatic carbocycles. The van der Waals surface area contributed by atoms with E-state index in [0.29, 0.717) is 12.1 Å². The minimum Gasteiger partial charge on any atom is -0.322 e. The number of carbonyl (C=O) groups is 1. The summed E-state index contributed by atoms with van der Waals surface area (Å²) in [5, 5.41) is 2.35. The molecule has 2 N–H and O–H groups in total. The van der Waals surface area contributed by atoms with E-state index in [1.807, 2.05) is 13.8 Å². The maximum Gasteiger partial charge on any atom is 0.419 e. The summed E-state index contributed by atoms with van der Waals surface area (Å²) in [5.74, 6) is -1.96. The second kappa shape index (κ2) is 7.88. The molecule has 134 valence electrons. The number of hydrogen-bond acceptors (Lipinski definition) is 3. The molecule has 0 atom stereocenters. The Hall–Kier alpha value is -2.06. The molecule has 0 saturated heterocycles. The first-order valence-corrected chi connectivity index (χ1v) is 8.19. The molecular weight excluding hydrogens is 356 g/mol. The molecule has 3 nitrogen and oxygen atoms in total. The fourth-order valence-electron chi connectivity index (χ4n) is 1.91. The highest BCUT2D eigenvalue weighted by Gasteiger charge is 2.34. The minimum atomic E-state index is -4.83. The van der Waals surface area contributed by atoms with E-state index in [2.05, 4.69) is 10.0 Å². The average molecular weight is 372 g/mol. The van der Waals surface area contributed by atoms with Gasteiger partial charge in [0.15, 0.2) is 0 Å². The van der Waals surface area contributed by atoms with E-state index in [0.717, 1.165) is 11.0 Å². The van der Waals surface area contributed by atoms with E-state index < -0.39 is 23.5 Å². The van der Waals surface area contributed by atoms with E-state index >= 15 is 0 Å². The first kappa shape index (κ1) is 19.3. The van der Waals surface area contributed by atoms with Crippen molar-refractivity contribution in [2.75, 3.05) is 5.32 Å². The van der Waals surface area contributed by atoms with Gasteiger partial charge in [-0.1, -0.05) is 6.07 Å². The van der Waals surface area contributed by atoms with Gasteiger partial charge in [-0.25, -0.2) is 4.39 Å². The lowest BCUT2D eigenvalue weighted by molar-refractivity contribution is -0.139. The number of rotatable bonds is 5. The van der Waals surface area contributed by atoms with Gasteiger partial charge in [-0.15, -0.1) is 0 Å². The zero-order valence-electron chi connectivity index (χ0n) is 13.4. The minimum absolute atomic E-state index is 0.128. The van der Waals surface area contributed by atoms with Gasteiger partial charge in [0.25, 0.3) is 5.91 Å². The number of nitrogens with one attached hydrogen (secondary N) is 2. The smallest absolute Gasteiger partial charge is 0.322 e. The van der Waals surface area contributed by atoms with Gasteiger partial charge in [0.2, 0.25) is 0 Å². The second-order valence-electron chi connectivity index (χ2n) is 5.55. The van der Waals surface area contributed by atoms with Crippen molar-refractivity contribution in [1.82, 2.24) is 4.72 Å². The summed E-state index contributed by atoms with van der Waals surface area (Å²) in [6.07, 6.45) is -4.83. The number of benzene rings is 2. The maximum absolute atomic E-state index is 13.3. The van der Waals surface area contributed by atoms with Gasteiger partial charge in [-0.3, -0.25) is 9.52 Å². The summed E-state index contributed by atoms with van der Waals surface area (Å²) in [6.45, 7) is 3.94. The average Bonchev–Trinajstić information content (AvgIpc) is 2.54. The summed E-state index contributed by atoms with van der Waals surface area (Å²) >= 11 is 1.35. The van der Waals surface area contributed by atoms with Crippen LogP contribution in [0.4, 0.5) is 23.2 Å². The Morgan fingerprint density at radius 1 is 1.12 bits per heavy atom. The third-order valence-electron chi connectivity index (χ3n) is 3.04. The molecular formula is C17H16F4N2OS. The second-order valence-corrected chi connectivity index (χ2v) is 6.46. The van der Waals surface area contributed by atoms with Gasteiger partial charge in [0.1, 0.15) is 5.82 Å². The fraction of sp³-hybridized carbons (Fsp3) is 0.235. The standard InChI is InChI=1S/C17H16F4N2OS/c1-10(2)23-25-13-5-3-4-11(8-13)16(24)22-12-6-7-15(18)14(9-12)17(19,20)21/h3-10,23H,1-2H3,(H,22,24). The SMILES string of the molecule is CC(C)NSc1cccc(C(=O)Nc2ccc(F)c(C(F)(F)F)c2)c1. The molecule has 0 heterocycles. The Morgan fingerprint density at radius 2 is 1.84 bits per heavy atom. The molecule has 0 aliphatic heterocycles. The van der Waals surface area contributed by atoms with Crippen molar-refractivity contribution in [1.29, 1.82) is 0 Å². The number of halogens is 4. The summed E-state index contributed by atoms with van der Waals surface area (Å²) in [5.41, 5.74) is -1.26. The summed E-state index contributed by atoms with van der Waals surface area (Å²) < 4.78 is 54.6. The van der Waals surface area contributed by atoms with E-state index in [1.165, 1.54) is 11.9 Å². The van der Waals surface area contributed by atoms with Gasteiger partial charge >= 0.3 is 6.18 Å². The van der Waals surface area contributed by atoms with E-state index in [4.69, 9.17) is 0 Å². The van der Waals surface area contributed by atoms with Crippen LogP contribution in [0.15, 0.2) is 47.4 Å². The molecule has 0 aliphatic carbocycles. The molecule has 25 heavy (non-hydrogen) atoms. The van der Waals surface area contributed by atoms with Crippen LogP contribution in [0.1, 0.15) is 29.8 Å². The largest absolute Gasteiger partial charge is 0.419 e. The number of amides is 1. The molecule has 0 bridgehead atoms. The molecule has 0 aliphatic rings. The Bertz CT molecular complexity index is 763. The predicted octanol–water partition coefficient (Wildman–Crippen LogP) is 5.10. The third kappa shape index (κ3) is 5.47. The van der Waals surface area contributed by atoms with Gasteiger partial charge in [-0.05, 0) is 62.2 Å². The van der Waals surface area contributed by atoms with Crippen LogP contribution in [0.3, 0.4) is 0 Å². The fourth-order valence-corrected chi connectivity index (χ4v) is 2.61. The van der Waals surface area contributed by atoms with Crippen LogP contribution in [-0.4, -0.2) is 11.9 Å². The molecule has 0 aromatic heterocycles. The Balaban J connectivity index is 2.16. The lowest BCUT2D eigenvalue weighted by Crippen LogP contribution is -2.15. The highest BCUT2D eigenvalue weighted by atomic mass is 32.2. The maximum atomic E-state index is 13.3. The van der Waals surface area contributed by atoms with Crippen LogP contribution in [0, 0.1) is 5.82 Å². The molecule has 0 radical (unpaired) electrons. The molecule has 0 saturated carbocycles. The van der Waals surface area contributed by atoms with E-state index in [-0.39, 0.29) is 17.3 Å². The molecule has 1 amide bonds. The quantitative estimate of drug-likeness (QED) is 0.567. The zero-order chi connectivity index (χ0) is 18.6. The van der Waals surface area contributed by atoms with Gasteiger partial charge in [-0.2, -0.15) is 13.2 Å². The van der Waals surface area contributed by atoms with Crippen molar-refractivity contribution in [3.8, 4) is 0 Å². The normalized spacial score (nSPS) is 11.6. The van der Waals surface area contributed by atoms with Gasteiger partial charge < -0.3 is 5.32 Å². The van der Waals surface area contributed by atoms with Crippen molar-refractivity contribution in [3.63, 3.8) is 0 Å². The first-order chi connectivity index (χ1) is 11.7. The highest BCUT2D eigenvalue weighted by Crippen LogP contribution is 2.33. The van der Waals surface area contributed by atoms with Crippen molar-refractivity contribution >= 4 is 23.5 Å². The van der Waals surface area contributed by atoms with Crippen LogP contribution < -0.4 is 10.0 Å². The summed E-state index contributed by atoms with van der Waals surface area (Å²) in [6, 6.07) is 9.21. The van der Waals surface area contributed by atoms with E-state index in [9.17, 15) is 22.4 Å². The summed E-state index contributed by atoms with van der Waals surface area (Å²) in [4.78, 5) is 13.0. The highest BCUT2D eigenvalue weighted by molar-refractivity contribution is 7.97. The lowest BCUT2D eigenvalue weighted by atomic mass is 10.1. The van der Waals surface area contributed by atoms with Crippen LogP contribution in [-0.2, 0) is 6.18 Å². The number of anilines is 1. The van der Waals surface area contributed by atoms with Crippen LogP contribution in [0.2, 0.25) is 0 Å². The summed E-state index contributed by atoms with van der Waals surface area (Å²) in [7, 11) is 0. The first-order valence-electron chi connectivity index (χ1n) is 7.37. The Kier molecular flexibility index (Phi) is 6.07. The zero-order valence-corrected chi connectivity index (χ0v) is 14.3. The van der Waals surface area contributed by atoms with Crippen molar-refractivity contribution in [3.05, 3.63) is 59.4 Å². The molecule has 0 unspecified atom stereocenters. The molecule has 0 fully saturated rings. The monoisotopic (exact) mass is 372 g/mol. The van der Waals surface area contributed by atoms with Crippen molar-refractivity contribution < 1.29 is 22.4 Å². The molecule has 2 aromatic rings. The molecule has 0 spiro atoms. The third-order valence-corrected chi connectivity index (χ3v) is 4.12. The molecule has 8 heteroatoms. The van der Waals surface area contributed by atoms with Crippen LogP contribution >= 0.6 is 11.9 Å². The topological polar surface area (TPSA) is 41.1 Å². The van der Waals surface area contributed by atoms with Crippen LogP contribution in [0.5, 0.6) is 0 Å². The number of alkyl halides is 3. The van der Waals surface area contributed by atoms with Gasteiger partial charge in [0, 0.05) is 22.2 Å². The van der Waals surface area contributed by atoms with E-state index in [1.54, 1.807) is 24.3 Å². The van der Waals surface area contributed by atoms with Gasteiger partial charge in [0.05, 0.1) is 5.56 Å². The number of carbonyl (C=O) groups excluding carboxylic acids is 1. The lowest BCUT2D eigenvalue weighted by Gasteiger charge is -2.12. The van der Waals surface area contributed by atoms with Crippen molar-refractivity contribution in [2.45, 2.75) is 31.0 Å². The van der Waals surface area contributed by atoms with Crippen LogP contribution in [0.25, 0.3) is 0 Å². The molecule has 2 rings (SSSR count). The van der Waals surface area contributed by atoms with Crippen molar-refractivity contribution in [2.24, 2.45) is 0 Å².